The van der Waals surface area contributed by atoms with Crippen molar-refractivity contribution in [3.05, 3.63) is 29.8 Å². The number of ether oxygens (including phenoxy) is 1. The summed E-state index contributed by atoms with van der Waals surface area (Å²) in [6.45, 7) is 0.128. The highest BCUT2D eigenvalue weighted by Gasteiger charge is 2.05. The Hall–Kier alpha value is -1.75. The highest BCUT2D eigenvalue weighted by molar-refractivity contribution is 6.18. The van der Waals surface area contributed by atoms with Crippen molar-refractivity contribution >= 4 is 29.3 Å². The van der Waals surface area contributed by atoms with Crippen molar-refractivity contribution in [1.29, 1.82) is 0 Å². The first-order chi connectivity index (χ1) is 7.63. The number of carbonyl (C=O) groups excluding carboxylic acids is 2. The molecule has 0 aliphatic heterocycles. The maximum atomic E-state index is 11.1. The Morgan fingerprint density at radius 2 is 2.19 bits per heavy atom. The molecule has 1 aromatic rings. The monoisotopic (exact) mass is 242 g/mol. The first kappa shape index (κ1) is 12.3. The number of hydrogen-bond donors (Lipinski definition) is 2. The van der Waals surface area contributed by atoms with E-state index in [2.05, 4.69) is 5.32 Å². The number of rotatable bonds is 4. The normalized spacial score (nSPS) is 9.56. The van der Waals surface area contributed by atoms with Crippen molar-refractivity contribution in [2.45, 2.75) is 0 Å². The van der Waals surface area contributed by atoms with Gasteiger partial charge in [-0.3, -0.25) is 10.1 Å². The third-order valence-corrected chi connectivity index (χ3v) is 1.86. The molecule has 0 heterocycles. The number of carbonyl (C=O) groups is 2. The van der Waals surface area contributed by atoms with E-state index in [1.54, 1.807) is 18.2 Å². The van der Waals surface area contributed by atoms with Crippen molar-refractivity contribution < 1.29 is 14.3 Å². The standard InChI is InChI=1S/C10H11ClN2O3/c11-4-5-16-10(15)13-8-3-1-2-7(6-8)9(12)14/h1-3,6H,4-5H2,(H2,12,14)(H,13,15). The second-order valence-corrected chi connectivity index (χ2v) is 3.27. The van der Waals surface area contributed by atoms with E-state index in [-0.39, 0.29) is 12.5 Å². The molecular weight excluding hydrogens is 232 g/mol. The maximum absolute atomic E-state index is 11.1. The predicted molar refractivity (Wildman–Crippen MR) is 60.7 cm³/mol. The molecule has 86 valence electrons. The van der Waals surface area contributed by atoms with Gasteiger partial charge in [-0.25, -0.2) is 4.79 Å². The van der Waals surface area contributed by atoms with Crippen LogP contribution < -0.4 is 11.1 Å². The Balaban J connectivity index is 2.63. The summed E-state index contributed by atoms with van der Waals surface area (Å²) in [4.78, 5) is 22.0. The summed E-state index contributed by atoms with van der Waals surface area (Å²) in [7, 11) is 0. The third kappa shape index (κ3) is 3.78. The van der Waals surface area contributed by atoms with Crippen LogP contribution in [-0.2, 0) is 4.74 Å². The maximum Gasteiger partial charge on any atom is 0.411 e. The van der Waals surface area contributed by atoms with E-state index in [1.807, 2.05) is 0 Å². The number of amides is 2. The van der Waals surface area contributed by atoms with E-state index >= 15 is 0 Å². The average Bonchev–Trinajstić information content (AvgIpc) is 2.26. The van der Waals surface area contributed by atoms with Gasteiger partial charge in [0.1, 0.15) is 6.61 Å². The minimum absolute atomic E-state index is 0.128. The SMILES string of the molecule is NC(=O)c1cccc(NC(=O)OCCCl)c1. The van der Waals surface area contributed by atoms with Crippen molar-refractivity contribution in [3.63, 3.8) is 0 Å². The number of nitrogens with one attached hydrogen (secondary N) is 1. The highest BCUT2D eigenvalue weighted by Crippen LogP contribution is 2.10. The molecule has 16 heavy (non-hydrogen) atoms. The summed E-state index contributed by atoms with van der Waals surface area (Å²) >= 11 is 5.35. The fourth-order valence-electron chi connectivity index (χ4n) is 1.04. The van der Waals surface area contributed by atoms with Crippen LogP contribution >= 0.6 is 11.6 Å². The summed E-state index contributed by atoms with van der Waals surface area (Å²) in [6, 6.07) is 6.24. The highest BCUT2D eigenvalue weighted by atomic mass is 35.5. The largest absolute Gasteiger partial charge is 0.448 e. The quantitative estimate of drug-likeness (QED) is 0.787. The van der Waals surface area contributed by atoms with E-state index in [9.17, 15) is 9.59 Å². The van der Waals surface area contributed by atoms with Crippen LogP contribution in [0, 0.1) is 0 Å². The van der Waals surface area contributed by atoms with Crippen molar-refractivity contribution in [2.24, 2.45) is 5.73 Å². The van der Waals surface area contributed by atoms with Gasteiger partial charge in [-0.2, -0.15) is 0 Å². The molecule has 1 rings (SSSR count). The summed E-state index contributed by atoms with van der Waals surface area (Å²) in [5.41, 5.74) is 5.85. The molecule has 3 N–H and O–H groups in total. The van der Waals surface area contributed by atoms with E-state index in [0.717, 1.165) is 0 Å². The lowest BCUT2D eigenvalue weighted by atomic mass is 10.2. The van der Waals surface area contributed by atoms with Gasteiger partial charge in [0.2, 0.25) is 5.91 Å². The summed E-state index contributed by atoms with van der Waals surface area (Å²) < 4.78 is 4.70. The Labute approximate surface area is 97.5 Å². The first-order valence-corrected chi connectivity index (χ1v) is 5.06. The molecule has 0 radical (unpaired) electrons. The molecule has 0 aliphatic carbocycles. The molecule has 5 nitrogen and oxygen atoms in total. The second kappa shape index (κ2) is 5.97. The molecule has 0 bridgehead atoms. The van der Waals surface area contributed by atoms with Crippen LogP contribution in [0.25, 0.3) is 0 Å². The van der Waals surface area contributed by atoms with Gasteiger partial charge in [0.15, 0.2) is 0 Å². The lowest BCUT2D eigenvalue weighted by Gasteiger charge is -2.06. The fraction of sp³-hybridized carbons (Fsp3) is 0.200. The molecular formula is C10H11ClN2O3. The van der Waals surface area contributed by atoms with Gasteiger partial charge < -0.3 is 10.5 Å². The zero-order valence-corrected chi connectivity index (χ0v) is 9.16. The smallest absolute Gasteiger partial charge is 0.411 e. The third-order valence-electron chi connectivity index (χ3n) is 1.70. The Morgan fingerprint density at radius 3 is 2.81 bits per heavy atom. The molecule has 0 atom stereocenters. The molecule has 0 saturated heterocycles. The van der Waals surface area contributed by atoms with E-state index in [4.69, 9.17) is 22.1 Å². The minimum atomic E-state index is -0.623. The molecule has 0 aliphatic rings. The van der Waals surface area contributed by atoms with Crippen molar-refractivity contribution in [2.75, 3.05) is 17.8 Å². The fourth-order valence-corrected chi connectivity index (χ4v) is 1.11. The van der Waals surface area contributed by atoms with Crippen LogP contribution in [0.2, 0.25) is 0 Å². The Bertz CT molecular complexity index is 395. The molecule has 6 heteroatoms. The lowest BCUT2D eigenvalue weighted by Crippen LogP contribution is -2.16. The zero-order chi connectivity index (χ0) is 12.0. The molecule has 1 aromatic carbocycles. The summed E-state index contributed by atoms with van der Waals surface area (Å²) in [5, 5.41) is 2.44. The zero-order valence-electron chi connectivity index (χ0n) is 8.40. The predicted octanol–water partition coefficient (Wildman–Crippen LogP) is 1.57. The second-order valence-electron chi connectivity index (χ2n) is 2.89. The molecule has 0 unspecified atom stereocenters. The van der Waals surface area contributed by atoms with Gasteiger partial charge in [-0.1, -0.05) is 6.07 Å². The van der Waals surface area contributed by atoms with Crippen molar-refractivity contribution in [3.8, 4) is 0 Å². The van der Waals surface area contributed by atoms with Gasteiger partial charge in [0.05, 0.1) is 5.88 Å². The molecule has 0 fully saturated rings. The summed E-state index contributed by atoms with van der Waals surface area (Å²) in [5.74, 6) is -0.327. The number of primary amides is 1. The Morgan fingerprint density at radius 1 is 1.44 bits per heavy atom. The van der Waals surface area contributed by atoms with Crippen molar-refractivity contribution in [1.82, 2.24) is 0 Å². The minimum Gasteiger partial charge on any atom is -0.448 e. The van der Waals surface area contributed by atoms with Gasteiger partial charge >= 0.3 is 6.09 Å². The van der Waals surface area contributed by atoms with Gasteiger partial charge in [-0.05, 0) is 18.2 Å². The Kier molecular flexibility index (Phi) is 4.60. The lowest BCUT2D eigenvalue weighted by molar-refractivity contribution is 0.1000. The molecule has 2 amide bonds. The van der Waals surface area contributed by atoms with Crippen LogP contribution in [-0.4, -0.2) is 24.5 Å². The average molecular weight is 243 g/mol. The number of hydrogen-bond acceptors (Lipinski definition) is 3. The number of benzene rings is 1. The van der Waals surface area contributed by atoms with E-state index in [1.165, 1.54) is 6.07 Å². The van der Waals surface area contributed by atoms with Gasteiger partial charge in [0, 0.05) is 11.3 Å². The number of alkyl halides is 1. The number of nitrogens with two attached hydrogens (primary N) is 1. The van der Waals surface area contributed by atoms with Crippen LogP contribution in [0.4, 0.5) is 10.5 Å². The van der Waals surface area contributed by atoms with E-state index < -0.39 is 12.0 Å². The van der Waals surface area contributed by atoms with Crippen LogP contribution in [0.3, 0.4) is 0 Å². The topological polar surface area (TPSA) is 81.4 Å². The molecule has 0 aromatic heterocycles. The summed E-state index contributed by atoms with van der Waals surface area (Å²) in [6.07, 6.45) is -0.623. The van der Waals surface area contributed by atoms with Crippen LogP contribution in [0.1, 0.15) is 10.4 Å². The number of anilines is 1. The number of halogens is 1. The van der Waals surface area contributed by atoms with Crippen LogP contribution in [0.15, 0.2) is 24.3 Å². The molecule has 0 spiro atoms. The van der Waals surface area contributed by atoms with Gasteiger partial charge in [0.25, 0.3) is 0 Å². The first-order valence-electron chi connectivity index (χ1n) is 4.53. The van der Waals surface area contributed by atoms with Gasteiger partial charge in [-0.15, -0.1) is 11.6 Å². The van der Waals surface area contributed by atoms with E-state index in [0.29, 0.717) is 11.3 Å². The van der Waals surface area contributed by atoms with Crippen LogP contribution in [0.5, 0.6) is 0 Å². The molecule has 0 saturated carbocycles.